The fourth-order valence-electron chi connectivity index (χ4n) is 2.62. The standard InChI is InChI=1S/C17H23N3O4/c1-3-4-14-9-16(22)20(11-18-14)10-15(21)19-13-7-5-12(6-8-13)17(23)24-2/h5-8,14,18H,3-4,9-11H2,1-2H3,(H,19,21). The first-order valence-corrected chi connectivity index (χ1v) is 8.03. The minimum Gasteiger partial charge on any atom is -0.465 e. The SMILES string of the molecule is CCCC1CC(=O)N(CC(=O)Nc2ccc(C(=O)OC)cc2)CN1. The van der Waals surface area contributed by atoms with Gasteiger partial charge in [-0.3, -0.25) is 14.9 Å². The van der Waals surface area contributed by atoms with Crippen LogP contribution in [-0.4, -0.2) is 49.0 Å². The fourth-order valence-corrected chi connectivity index (χ4v) is 2.62. The number of methoxy groups -OCH3 is 1. The molecule has 0 spiro atoms. The summed E-state index contributed by atoms with van der Waals surface area (Å²) < 4.78 is 4.62. The van der Waals surface area contributed by atoms with Crippen molar-refractivity contribution in [2.45, 2.75) is 32.2 Å². The largest absolute Gasteiger partial charge is 0.465 e. The molecule has 0 aliphatic carbocycles. The van der Waals surface area contributed by atoms with Crippen LogP contribution in [0, 0.1) is 0 Å². The van der Waals surface area contributed by atoms with Gasteiger partial charge in [-0.25, -0.2) is 4.79 Å². The van der Waals surface area contributed by atoms with Gasteiger partial charge in [0, 0.05) is 18.2 Å². The molecule has 2 N–H and O–H groups in total. The van der Waals surface area contributed by atoms with Gasteiger partial charge in [0.15, 0.2) is 0 Å². The summed E-state index contributed by atoms with van der Waals surface area (Å²) in [7, 11) is 1.31. The number of hydrogen-bond acceptors (Lipinski definition) is 5. The molecule has 7 nitrogen and oxygen atoms in total. The number of carbonyl (C=O) groups excluding carboxylic acids is 3. The first-order chi connectivity index (χ1) is 11.5. The molecule has 1 unspecified atom stereocenters. The lowest BCUT2D eigenvalue weighted by Crippen LogP contribution is -2.52. The number of hydrogen-bond donors (Lipinski definition) is 2. The average Bonchev–Trinajstić information content (AvgIpc) is 2.57. The van der Waals surface area contributed by atoms with Gasteiger partial charge >= 0.3 is 5.97 Å². The second-order valence-electron chi connectivity index (χ2n) is 5.76. The van der Waals surface area contributed by atoms with E-state index in [9.17, 15) is 14.4 Å². The minimum atomic E-state index is -0.431. The van der Waals surface area contributed by atoms with Gasteiger partial charge in [-0.2, -0.15) is 0 Å². The van der Waals surface area contributed by atoms with E-state index in [1.54, 1.807) is 24.3 Å². The molecule has 24 heavy (non-hydrogen) atoms. The zero-order valence-corrected chi connectivity index (χ0v) is 14.0. The molecule has 1 aromatic carbocycles. The smallest absolute Gasteiger partial charge is 0.337 e. The van der Waals surface area contributed by atoms with E-state index in [1.807, 2.05) is 0 Å². The Morgan fingerprint density at radius 2 is 2.04 bits per heavy atom. The van der Waals surface area contributed by atoms with Crippen molar-refractivity contribution in [3.05, 3.63) is 29.8 Å². The molecule has 0 saturated carbocycles. The first-order valence-electron chi connectivity index (χ1n) is 8.03. The number of carbonyl (C=O) groups is 3. The lowest BCUT2D eigenvalue weighted by molar-refractivity contribution is -0.138. The lowest BCUT2D eigenvalue weighted by atomic mass is 10.1. The van der Waals surface area contributed by atoms with Crippen LogP contribution >= 0.6 is 0 Å². The predicted molar refractivity (Wildman–Crippen MR) is 89.4 cm³/mol. The van der Waals surface area contributed by atoms with Gasteiger partial charge in [-0.1, -0.05) is 13.3 Å². The van der Waals surface area contributed by atoms with E-state index in [-0.39, 0.29) is 24.4 Å². The summed E-state index contributed by atoms with van der Waals surface area (Å²) in [6, 6.07) is 6.59. The first kappa shape index (κ1) is 17.9. The van der Waals surface area contributed by atoms with Gasteiger partial charge in [0.25, 0.3) is 0 Å². The van der Waals surface area contributed by atoms with Crippen LogP contribution in [0.2, 0.25) is 0 Å². The van der Waals surface area contributed by atoms with E-state index in [1.165, 1.54) is 12.0 Å². The van der Waals surface area contributed by atoms with Gasteiger partial charge in [-0.05, 0) is 30.7 Å². The molecule has 1 atom stereocenters. The number of amides is 2. The van der Waals surface area contributed by atoms with Crippen LogP contribution in [-0.2, 0) is 14.3 Å². The summed E-state index contributed by atoms with van der Waals surface area (Å²) in [5.41, 5.74) is 0.974. The van der Waals surface area contributed by atoms with Crippen molar-refractivity contribution in [3.63, 3.8) is 0 Å². The molecule has 1 fully saturated rings. The molecule has 1 heterocycles. The van der Waals surface area contributed by atoms with Crippen LogP contribution in [0.4, 0.5) is 5.69 Å². The summed E-state index contributed by atoms with van der Waals surface area (Å²) in [5.74, 6) is -0.715. The highest BCUT2D eigenvalue weighted by Gasteiger charge is 2.26. The van der Waals surface area contributed by atoms with Gasteiger partial charge < -0.3 is 15.0 Å². The highest BCUT2D eigenvalue weighted by atomic mass is 16.5. The number of rotatable bonds is 6. The molecule has 0 radical (unpaired) electrons. The Balaban J connectivity index is 1.85. The third kappa shape index (κ3) is 4.79. The van der Waals surface area contributed by atoms with E-state index < -0.39 is 5.97 Å². The van der Waals surface area contributed by atoms with E-state index in [0.29, 0.717) is 24.3 Å². The number of benzene rings is 1. The monoisotopic (exact) mass is 333 g/mol. The van der Waals surface area contributed by atoms with E-state index in [2.05, 4.69) is 22.3 Å². The fraction of sp³-hybridized carbons (Fsp3) is 0.471. The van der Waals surface area contributed by atoms with Gasteiger partial charge in [0.05, 0.1) is 19.3 Å². The Morgan fingerprint density at radius 1 is 1.33 bits per heavy atom. The Kier molecular flexibility index (Phi) is 6.31. The van der Waals surface area contributed by atoms with Crippen LogP contribution in [0.5, 0.6) is 0 Å². The molecule has 130 valence electrons. The molecule has 1 aliphatic rings. The molecule has 7 heteroatoms. The van der Waals surface area contributed by atoms with Gasteiger partial charge in [-0.15, -0.1) is 0 Å². The number of esters is 1. The number of nitrogens with zero attached hydrogens (tertiary/aromatic N) is 1. The Morgan fingerprint density at radius 3 is 2.62 bits per heavy atom. The van der Waals surface area contributed by atoms with Crippen LogP contribution < -0.4 is 10.6 Å². The minimum absolute atomic E-state index is 0.00340. The van der Waals surface area contributed by atoms with Crippen LogP contribution in [0.25, 0.3) is 0 Å². The maximum absolute atomic E-state index is 12.1. The molecule has 1 saturated heterocycles. The molecular formula is C17H23N3O4. The van der Waals surface area contributed by atoms with Crippen molar-refractivity contribution in [3.8, 4) is 0 Å². The molecule has 1 aromatic rings. The molecular weight excluding hydrogens is 310 g/mol. The topological polar surface area (TPSA) is 87.7 Å². The Hall–Kier alpha value is -2.41. The van der Waals surface area contributed by atoms with Crippen LogP contribution in [0.1, 0.15) is 36.5 Å². The number of ether oxygens (including phenoxy) is 1. The predicted octanol–water partition coefficient (Wildman–Crippen LogP) is 1.36. The second kappa shape index (κ2) is 8.44. The summed E-state index contributed by atoms with van der Waals surface area (Å²) in [6.07, 6.45) is 2.40. The quantitative estimate of drug-likeness (QED) is 0.768. The third-order valence-corrected chi connectivity index (χ3v) is 3.91. The van der Waals surface area contributed by atoms with Crippen molar-refractivity contribution < 1.29 is 19.1 Å². The average molecular weight is 333 g/mol. The van der Waals surface area contributed by atoms with Crippen molar-refractivity contribution in [2.24, 2.45) is 0 Å². The maximum Gasteiger partial charge on any atom is 0.337 e. The zero-order chi connectivity index (χ0) is 17.5. The maximum atomic E-state index is 12.1. The van der Waals surface area contributed by atoms with Crippen LogP contribution in [0.3, 0.4) is 0 Å². The summed E-state index contributed by atoms with van der Waals surface area (Å²) in [4.78, 5) is 37.0. The van der Waals surface area contributed by atoms with E-state index in [0.717, 1.165) is 12.8 Å². The van der Waals surface area contributed by atoms with E-state index in [4.69, 9.17) is 0 Å². The highest BCUT2D eigenvalue weighted by Crippen LogP contribution is 2.12. The second-order valence-corrected chi connectivity index (χ2v) is 5.76. The summed E-state index contributed by atoms with van der Waals surface area (Å²) >= 11 is 0. The van der Waals surface area contributed by atoms with Crippen molar-refractivity contribution >= 4 is 23.5 Å². The molecule has 0 aromatic heterocycles. The molecule has 0 bridgehead atoms. The highest BCUT2D eigenvalue weighted by molar-refractivity contribution is 5.95. The van der Waals surface area contributed by atoms with Gasteiger partial charge in [0.2, 0.25) is 11.8 Å². The summed E-state index contributed by atoms with van der Waals surface area (Å²) in [6.45, 7) is 2.47. The van der Waals surface area contributed by atoms with E-state index >= 15 is 0 Å². The molecule has 2 amide bonds. The zero-order valence-electron chi connectivity index (χ0n) is 14.0. The van der Waals surface area contributed by atoms with Crippen molar-refractivity contribution in [2.75, 3.05) is 25.6 Å². The normalized spacial score (nSPS) is 17.5. The third-order valence-electron chi connectivity index (χ3n) is 3.91. The Labute approximate surface area is 141 Å². The number of nitrogens with one attached hydrogen (secondary N) is 2. The van der Waals surface area contributed by atoms with Crippen molar-refractivity contribution in [1.29, 1.82) is 0 Å². The summed E-state index contributed by atoms with van der Waals surface area (Å²) in [5, 5.41) is 5.99. The van der Waals surface area contributed by atoms with Crippen molar-refractivity contribution in [1.82, 2.24) is 10.2 Å². The molecule has 2 rings (SSSR count). The molecule has 1 aliphatic heterocycles. The van der Waals surface area contributed by atoms with Crippen LogP contribution in [0.15, 0.2) is 24.3 Å². The number of anilines is 1. The Bertz CT molecular complexity index is 600. The van der Waals surface area contributed by atoms with Gasteiger partial charge in [0.1, 0.15) is 6.54 Å². The lowest BCUT2D eigenvalue weighted by Gasteiger charge is -2.32.